The lowest BCUT2D eigenvalue weighted by Gasteiger charge is -2.33. The summed E-state index contributed by atoms with van der Waals surface area (Å²) < 4.78 is 89.6. The van der Waals surface area contributed by atoms with Crippen molar-refractivity contribution in [3.05, 3.63) is 83.4 Å². The van der Waals surface area contributed by atoms with Crippen LogP contribution >= 0.6 is 0 Å². The number of furan rings is 1. The number of H-pyrrole nitrogens is 1. The molecule has 0 bridgehead atoms. The summed E-state index contributed by atoms with van der Waals surface area (Å²) in [5.41, 5.74) is 1.71. The Morgan fingerprint density at radius 2 is 1.80 bits per heavy atom. The van der Waals surface area contributed by atoms with Crippen LogP contribution in [0.15, 0.2) is 70.1 Å². The average molecular weight is 657 g/mol. The van der Waals surface area contributed by atoms with Crippen molar-refractivity contribution in [1.82, 2.24) is 14.6 Å². The maximum atomic E-state index is 14.4. The van der Waals surface area contributed by atoms with Gasteiger partial charge in [0.15, 0.2) is 0 Å². The molecular weight excluding hydrogens is 626 g/mol. The molecule has 2 aromatic heterocycles. The van der Waals surface area contributed by atoms with Gasteiger partial charge in [0.1, 0.15) is 28.0 Å². The predicted octanol–water partition coefficient (Wildman–Crippen LogP) is 5.18. The highest BCUT2D eigenvalue weighted by atomic mass is 32.2. The molecule has 1 saturated heterocycles. The lowest BCUT2D eigenvalue weighted by molar-refractivity contribution is 0.0964. The van der Waals surface area contributed by atoms with E-state index in [2.05, 4.69) is 10.3 Å². The molecule has 0 unspecified atom stereocenters. The number of amides is 1. The fraction of sp³-hybridized carbons (Fsp3) is 0.258. The molecule has 3 heterocycles. The zero-order chi connectivity index (χ0) is 32.3. The van der Waals surface area contributed by atoms with Gasteiger partial charge >= 0.3 is 0 Å². The first kappa shape index (κ1) is 30.7. The number of fused-ring (bicyclic) bond motifs is 2. The van der Waals surface area contributed by atoms with Crippen molar-refractivity contribution in [1.29, 1.82) is 0 Å². The van der Waals surface area contributed by atoms with Crippen molar-refractivity contribution in [2.45, 2.75) is 23.8 Å². The fourth-order valence-corrected chi connectivity index (χ4v) is 7.91. The number of benzene rings is 3. The standard InChI is InChI=1S/C31H30F2N4O6S2/c1-34-31(38)28-23-15-22(25(36(2)44(3,39)40)16-26(23)43-30(28)18-9-11-21(32)12-10-18)20-7-5-13-37(17-20)45(41,42)27-14-19-6-4-8-24(33)29(19)35-27/h4,6,8-12,14-16,20,35H,5,7,13,17H2,1-3H3,(H,34,38)/t20-/m0/s1. The third kappa shape index (κ3) is 5.47. The number of piperidine rings is 1. The van der Waals surface area contributed by atoms with Crippen LogP contribution in [0.3, 0.4) is 0 Å². The summed E-state index contributed by atoms with van der Waals surface area (Å²) in [5.74, 6) is -1.81. The molecule has 1 aliphatic heterocycles. The van der Waals surface area contributed by atoms with Gasteiger partial charge in [-0.25, -0.2) is 25.6 Å². The average Bonchev–Trinajstić information content (AvgIpc) is 3.63. The number of hydrogen-bond acceptors (Lipinski definition) is 6. The molecule has 1 atom stereocenters. The minimum absolute atomic E-state index is 0.00820. The monoisotopic (exact) mass is 656 g/mol. The largest absolute Gasteiger partial charge is 0.455 e. The molecule has 45 heavy (non-hydrogen) atoms. The van der Waals surface area contributed by atoms with Crippen LogP contribution in [-0.4, -0.2) is 65.5 Å². The van der Waals surface area contributed by atoms with E-state index in [-0.39, 0.29) is 46.2 Å². The smallest absolute Gasteiger partial charge is 0.258 e. The van der Waals surface area contributed by atoms with Crippen molar-refractivity contribution in [3.63, 3.8) is 0 Å². The summed E-state index contributed by atoms with van der Waals surface area (Å²) in [5, 5.41) is 3.27. The Morgan fingerprint density at radius 1 is 1.07 bits per heavy atom. The molecule has 0 spiro atoms. The molecule has 6 rings (SSSR count). The van der Waals surface area contributed by atoms with Gasteiger partial charge in [0, 0.05) is 49.6 Å². The van der Waals surface area contributed by atoms with Gasteiger partial charge in [-0.3, -0.25) is 9.10 Å². The quantitative estimate of drug-likeness (QED) is 0.248. The normalized spacial score (nSPS) is 16.3. The molecule has 0 radical (unpaired) electrons. The van der Waals surface area contributed by atoms with E-state index in [0.717, 1.165) is 10.6 Å². The number of aromatic nitrogens is 1. The number of anilines is 1. The van der Waals surface area contributed by atoms with Gasteiger partial charge in [-0.2, -0.15) is 4.31 Å². The van der Waals surface area contributed by atoms with Crippen molar-refractivity contribution in [3.8, 4) is 11.3 Å². The Kier molecular flexibility index (Phi) is 7.70. The number of nitrogens with zero attached hydrogens (tertiary/aromatic N) is 2. The van der Waals surface area contributed by atoms with E-state index >= 15 is 0 Å². The van der Waals surface area contributed by atoms with E-state index < -0.39 is 43.5 Å². The molecule has 14 heteroatoms. The van der Waals surface area contributed by atoms with Gasteiger partial charge in [-0.1, -0.05) is 12.1 Å². The number of rotatable bonds is 7. The van der Waals surface area contributed by atoms with Crippen molar-refractivity contribution >= 4 is 53.5 Å². The summed E-state index contributed by atoms with van der Waals surface area (Å²) in [7, 11) is -5.00. The van der Waals surface area contributed by atoms with E-state index in [4.69, 9.17) is 4.42 Å². The van der Waals surface area contributed by atoms with Gasteiger partial charge in [0.2, 0.25) is 10.0 Å². The molecule has 1 aliphatic rings. The van der Waals surface area contributed by atoms with E-state index in [1.165, 1.54) is 66.9 Å². The highest BCUT2D eigenvalue weighted by Gasteiger charge is 2.35. The van der Waals surface area contributed by atoms with Crippen LogP contribution in [0.5, 0.6) is 0 Å². The summed E-state index contributed by atoms with van der Waals surface area (Å²) in [4.78, 5) is 15.9. The lowest BCUT2D eigenvalue weighted by Crippen LogP contribution is -2.39. The van der Waals surface area contributed by atoms with Crippen LogP contribution in [0, 0.1) is 11.6 Å². The number of aromatic amines is 1. The summed E-state index contributed by atoms with van der Waals surface area (Å²) in [6, 6.07) is 14.4. The van der Waals surface area contributed by atoms with Crippen LogP contribution < -0.4 is 9.62 Å². The predicted molar refractivity (Wildman–Crippen MR) is 167 cm³/mol. The summed E-state index contributed by atoms with van der Waals surface area (Å²) in [6.07, 6.45) is 2.05. The molecule has 3 aromatic carbocycles. The second kappa shape index (κ2) is 11.3. The molecule has 5 aromatic rings. The number of sulfonamides is 2. The van der Waals surface area contributed by atoms with Gasteiger partial charge < -0.3 is 14.7 Å². The van der Waals surface area contributed by atoms with Crippen LogP contribution in [0.2, 0.25) is 0 Å². The van der Waals surface area contributed by atoms with Crippen molar-refractivity contribution < 1.29 is 34.8 Å². The molecule has 2 N–H and O–H groups in total. The van der Waals surface area contributed by atoms with E-state index in [1.54, 1.807) is 12.1 Å². The second-order valence-electron chi connectivity index (χ2n) is 11.1. The maximum absolute atomic E-state index is 14.4. The Balaban J connectivity index is 1.49. The maximum Gasteiger partial charge on any atom is 0.258 e. The topological polar surface area (TPSA) is 133 Å². The van der Waals surface area contributed by atoms with Crippen molar-refractivity contribution in [2.75, 3.05) is 37.7 Å². The zero-order valence-electron chi connectivity index (χ0n) is 24.6. The molecule has 0 saturated carbocycles. The minimum atomic E-state index is -4.08. The Morgan fingerprint density at radius 3 is 2.47 bits per heavy atom. The number of para-hydroxylation sites is 1. The summed E-state index contributed by atoms with van der Waals surface area (Å²) in [6.45, 7) is 0.217. The molecular formula is C31H30F2N4O6S2. The molecule has 1 amide bonds. The third-order valence-electron chi connectivity index (χ3n) is 8.26. The fourth-order valence-electron chi connectivity index (χ4n) is 5.87. The molecule has 1 fully saturated rings. The third-order valence-corrected chi connectivity index (χ3v) is 11.2. The number of nitrogens with one attached hydrogen (secondary N) is 2. The van der Waals surface area contributed by atoms with Gasteiger partial charge in [0.25, 0.3) is 15.9 Å². The highest BCUT2D eigenvalue weighted by molar-refractivity contribution is 7.92. The zero-order valence-corrected chi connectivity index (χ0v) is 26.2. The van der Waals surface area contributed by atoms with Gasteiger partial charge in [-0.15, -0.1) is 0 Å². The SMILES string of the molecule is CNC(=O)c1c(-c2ccc(F)cc2)oc2cc(N(C)S(C)(=O)=O)c([C@H]3CCCN(S(=O)(=O)c4cc5cccc(F)c5[nH]4)C3)cc12. The summed E-state index contributed by atoms with van der Waals surface area (Å²) >= 11 is 0. The number of carbonyl (C=O) groups excluding carboxylic acids is 1. The Bertz CT molecular complexity index is 2180. The Hall–Kier alpha value is -4.27. The minimum Gasteiger partial charge on any atom is -0.455 e. The first-order valence-corrected chi connectivity index (χ1v) is 17.4. The van der Waals surface area contributed by atoms with E-state index in [1.807, 2.05) is 0 Å². The second-order valence-corrected chi connectivity index (χ2v) is 15.0. The van der Waals surface area contributed by atoms with Crippen molar-refractivity contribution in [2.24, 2.45) is 0 Å². The molecule has 10 nitrogen and oxygen atoms in total. The van der Waals surface area contributed by atoms with Crippen LogP contribution in [-0.2, 0) is 20.0 Å². The van der Waals surface area contributed by atoms with E-state index in [0.29, 0.717) is 34.7 Å². The Labute approximate surface area is 258 Å². The molecule has 236 valence electrons. The van der Waals surface area contributed by atoms with Crippen LogP contribution in [0.25, 0.3) is 33.2 Å². The van der Waals surface area contributed by atoms with Crippen LogP contribution in [0.1, 0.15) is 34.7 Å². The first-order chi connectivity index (χ1) is 21.3. The highest BCUT2D eigenvalue weighted by Crippen LogP contribution is 2.42. The lowest BCUT2D eigenvalue weighted by atomic mass is 9.89. The first-order valence-electron chi connectivity index (χ1n) is 14.1. The van der Waals surface area contributed by atoms with Crippen LogP contribution in [0.4, 0.5) is 14.5 Å². The van der Waals surface area contributed by atoms with Gasteiger partial charge in [-0.05, 0) is 66.8 Å². The van der Waals surface area contributed by atoms with E-state index in [9.17, 15) is 30.4 Å². The number of hydrogen-bond donors (Lipinski definition) is 2. The number of carbonyl (C=O) groups is 1. The number of halogens is 2. The molecule has 0 aliphatic carbocycles. The van der Waals surface area contributed by atoms with Gasteiger partial charge in [0.05, 0.1) is 23.0 Å².